The normalized spacial score (nSPS) is 20.4. The van der Waals surface area contributed by atoms with Crippen LogP contribution in [0, 0.1) is 5.92 Å². The number of nitrogens with one attached hydrogen (secondary N) is 2. The second-order valence-corrected chi connectivity index (χ2v) is 10.1. The van der Waals surface area contributed by atoms with Crippen LogP contribution in [-0.2, 0) is 9.59 Å². The Morgan fingerprint density at radius 1 is 1.03 bits per heavy atom. The Balaban J connectivity index is 1.41. The minimum atomic E-state index is -0.479. The second kappa shape index (κ2) is 10.8. The maximum Gasteiger partial charge on any atom is 0.245 e. The molecule has 3 atom stereocenters. The molecule has 3 heterocycles. The first kappa shape index (κ1) is 24.4. The van der Waals surface area contributed by atoms with Gasteiger partial charge in [-0.05, 0) is 75.4 Å². The summed E-state index contributed by atoms with van der Waals surface area (Å²) in [6.45, 7) is 2.53. The third kappa shape index (κ3) is 4.87. The Bertz CT molecular complexity index is 1220. The highest BCUT2D eigenvalue weighted by Crippen LogP contribution is 2.35. The number of carbonyl (C=O) groups is 2. The fraction of sp³-hybridized carbons (Fsp3) is 0.500. The van der Waals surface area contributed by atoms with Crippen LogP contribution in [0.1, 0.15) is 63.5 Å². The van der Waals surface area contributed by atoms with Crippen LogP contribution in [0.4, 0.5) is 0 Å². The van der Waals surface area contributed by atoms with Crippen LogP contribution < -0.4 is 10.6 Å². The van der Waals surface area contributed by atoms with Crippen LogP contribution in [-0.4, -0.2) is 56.9 Å². The summed E-state index contributed by atoms with van der Waals surface area (Å²) >= 11 is 0. The van der Waals surface area contributed by atoms with Crippen LogP contribution in [0.5, 0.6) is 0 Å². The van der Waals surface area contributed by atoms with Crippen molar-refractivity contribution in [3.63, 3.8) is 0 Å². The van der Waals surface area contributed by atoms with Crippen LogP contribution in [0.15, 0.2) is 48.9 Å². The third-order valence-electron chi connectivity index (χ3n) is 7.90. The van der Waals surface area contributed by atoms with E-state index < -0.39 is 6.04 Å². The van der Waals surface area contributed by atoms with Gasteiger partial charge in [0.05, 0.1) is 23.1 Å². The van der Waals surface area contributed by atoms with Crippen molar-refractivity contribution in [2.45, 2.75) is 70.0 Å². The first-order valence-electron chi connectivity index (χ1n) is 13.2. The lowest BCUT2D eigenvalue weighted by Gasteiger charge is -2.35. The fourth-order valence-electron chi connectivity index (χ4n) is 5.73. The van der Waals surface area contributed by atoms with Gasteiger partial charge in [-0.3, -0.25) is 14.2 Å². The van der Waals surface area contributed by atoms with Crippen LogP contribution in [0.3, 0.4) is 0 Å². The highest BCUT2D eigenvalue weighted by atomic mass is 16.2. The van der Waals surface area contributed by atoms with Crippen LogP contribution in [0.2, 0.25) is 0 Å². The highest BCUT2D eigenvalue weighted by molar-refractivity contribution is 5.90. The molecule has 0 bridgehead atoms. The van der Waals surface area contributed by atoms with Gasteiger partial charge in [0.1, 0.15) is 18.2 Å². The Morgan fingerprint density at radius 2 is 1.83 bits per heavy atom. The molecule has 1 aromatic carbocycles. The zero-order valence-corrected chi connectivity index (χ0v) is 21.2. The molecule has 2 fully saturated rings. The predicted molar refractivity (Wildman–Crippen MR) is 140 cm³/mol. The van der Waals surface area contributed by atoms with Crippen molar-refractivity contribution in [1.29, 1.82) is 0 Å². The molecule has 1 aliphatic carbocycles. The molecular weight excluding hydrogens is 452 g/mol. The number of nitrogens with zero attached hydrogens (tertiary/aromatic N) is 4. The minimum Gasteiger partial charge on any atom is -0.343 e. The molecule has 8 nitrogen and oxygen atoms in total. The maximum atomic E-state index is 14.0. The van der Waals surface area contributed by atoms with E-state index in [4.69, 9.17) is 0 Å². The van der Waals surface area contributed by atoms with Crippen LogP contribution >= 0.6 is 0 Å². The van der Waals surface area contributed by atoms with Crippen molar-refractivity contribution in [1.82, 2.24) is 30.1 Å². The van der Waals surface area contributed by atoms with Gasteiger partial charge < -0.3 is 15.5 Å². The van der Waals surface area contributed by atoms with E-state index in [1.165, 1.54) is 6.42 Å². The van der Waals surface area contributed by atoms with Crippen molar-refractivity contribution in [2.75, 3.05) is 13.6 Å². The number of para-hydroxylation sites is 2. The van der Waals surface area contributed by atoms with Gasteiger partial charge in [-0.2, -0.15) is 0 Å². The summed E-state index contributed by atoms with van der Waals surface area (Å²) < 4.78 is 1.99. The molecule has 3 unspecified atom stereocenters. The van der Waals surface area contributed by atoms with E-state index >= 15 is 0 Å². The number of likely N-dealkylation sites (N-methyl/N-ethyl adjacent to an activating group) is 1. The Morgan fingerprint density at radius 3 is 2.64 bits per heavy atom. The van der Waals surface area contributed by atoms with Gasteiger partial charge in [-0.1, -0.05) is 31.4 Å². The predicted octanol–water partition coefficient (Wildman–Crippen LogP) is 3.76. The zero-order chi connectivity index (χ0) is 25.1. The molecule has 2 aliphatic rings. The molecule has 2 N–H and O–H groups in total. The molecule has 2 amide bonds. The summed E-state index contributed by atoms with van der Waals surface area (Å²) in [4.78, 5) is 37.9. The Hall–Kier alpha value is -3.26. The van der Waals surface area contributed by atoms with E-state index in [9.17, 15) is 9.59 Å². The van der Waals surface area contributed by atoms with E-state index in [0.29, 0.717) is 6.54 Å². The summed E-state index contributed by atoms with van der Waals surface area (Å²) in [6, 6.07) is 11.2. The zero-order valence-electron chi connectivity index (χ0n) is 21.2. The van der Waals surface area contributed by atoms with Gasteiger partial charge >= 0.3 is 0 Å². The Labute approximate surface area is 212 Å². The number of hydrogen-bond donors (Lipinski definition) is 2. The van der Waals surface area contributed by atoms with Crippen molar-refractivity contribution in [3.05, 3.63) is 54.5 Å². The van der Waals surface area contributed by atoms with Gasteiger partial charge in [0.15, 0.2) is 0 Å². The molecular formula is C28H36N6O2. The van der Waals surface area contributed by atoms with Crippen molar-refractivity contribution < 1.29 is 9.59 Å². The molecule has 190 valence electrons. The van der Waals surface area contributed by atoms with Gasteiger partial charge in [-0.15, -0.1) is 0 Å². The van der Waals surface area contributed by atoms with Crippen LogP contribution in [0.25, 0.3) is 16.9 Å². The van der Waals surface area contributed by atoms with E-state index in [2.05, 4.69) is 26.7 Å². The number of benzene rings is 1. The van der Waals surface area contributed by atoms with E-state index in [0.717, 1.165) is 60.9 Å². The molecule has 1 saturated carbocycles. The Kier molecular flexibility index (Phi) is 7.32. The first-order valence-corrected chi connectivity index (χ1v) is 13.2. The fourth-order valence-corrected chi connectivity index (χ4v) is 5.73. The number of rotatable bonds is 7. The monoisotopic (exact) mass is 488 g/mol. The van der Waals surface area contributed by atoms with Gasteiger partial charge in [-0.25, -0.2) is 9.97 Å². The van der Waals surface area contributed by atoms with Crippen molar-refractivity contribution >= 4 is 22.8 Å². The minimum absolute atomic E-state index is 0.0289. The lowest BCUT2D eigenvalue weighted by molar-refractivity contribution is -0.139. The smallest absolute Gasteiger partial charge is 0.245 e. The molecule has 36 heavy (non-hydrogen) atoms. The molecule has 8 heteroatoms. The van der Waals surface area contributed by atoms with Gasteiger partial charge in [0, 0.05) is 12.7 Å². The van der Waals surface area contributed by atoms with Crippen molar-refractivity contribution in [3.8, 4) is 5.82 Å². The molecule has 1 aliphatic heterocycles. The summed E-state index contributed by atoms with van der Waals surface area (Å²) in [6.07, 6.45) is 10.9. The average Bonchev–Trinajstić information content (AvgIpc) is 3.59. The topological polar surface area (TPSA) is 92.2 Å². The third-order valence-corrected chi connectivity index (χ3v) is 7.90. The van der Waals surface area contributed by atoms with E-state index in [-0.39, 0.29) is 29.8 Å². The highest BCUT2D eigenvalue weighted by Gasteiger charge is 2.39. The summed E-state index contributed by atoms with van der Waals surface area (Å²) in [5.41, 5.74) is 2.99. The first-order chi connectivity index (χ1) is 17.6. The number of aromatic nitrogens is 3. The van der Waals surface area contributed by atoms with Gasteiger partial charge in [0.2, 0.25) is 11.8 Å². The molecule has 5 rings (SSSR count). The molecule has 1 saturated heterocycles. The summed E-state index contributed by atoms with van der Waals surface area (Å²) in [5.74, 6) is 0.911. The number of amides is 2. The lowest BCUT2D eigenvalue weighted by Crippen LogP contribution is -2.55. The molecule has 0 spiro atoms. The SMILES string of the molecule is CNC(C)C(=O)NC(C(=O)N1CCCC1c1ccnc(-n2cnc3ccccc32)c1)C1CCCCC1. The molecule has 0 radical (unpaired) electrons. The number of likely N-dealkylation sites (tertiary alicyclic amines) is 1. The average molecular weight is 489 g/mol. The van der Waals surface area contributed by atoms with E-state index in [1.54, 1.807) is 13.4 Å². The largest absolute Gasteiger partial charge is 0.343 e. The number of hydrogen-bond acceptors (Lipinski definition) is 5. The lowest BCUT2D eigenvalue weighted by atomic mass is 9.83. The number of pyridine rings is 1. The quantitative estimate of drug-likeness (QED) is 0.528. The summed E-state index contributed by atoms with van der Waals surface area (Å²) in [5, 5.41) is 6.12. The molecule has 3 aromatic rings. The van der Waals surface area contributed by atoms with Gasteiger partial charge in [0.25, 0.3) is 0 Å². The number of imidazole rings is 1. The second-order valence-electron chi connectivity index (χ2n) is 10.1. The summed E-state index contributed by atoms with van der Waals surface area (Å²) in [7, 11) is 1.77. The maximum absolute atomic E-state index is 14.0. The van der Waals surface area contributed by atoms with E-state index in [1.807, 2.05) is 52.9 Å². The van der Waals surface area contributed by atoms with Crippen molar-refractivity contribution in [2.24, 2.45) is 5.92 Å². The standard InChI is InChI=1S/C28H36N6O2/c1-19(29-2)27(35)32-26(20-9-4-3-5-10-20)28(36)33-16-8-13-23(33)21-14-15-30-25(17-21)34-18-31-22-11-6-7-12-24(22)34/h6-7,11-12,14-15,17-20,23,26,29H,3-5,8-10,13,16H2,1-2H3,(H,32,35). The molecule has 2 aromatic heterocycles. The number of carbonyl (C=O) groups excluding carboxylic acids is 2. The number of fused-ring (bicyclic) bond motifs is 1.